The third kappa shape index (κ3) is 5.20. The van der Waals surface area contributed by atoms with E-state index in [0.29, 0.717) is 12.3 Å². The number of benzene rings is 1. The van der Waals surface area contributed by atoms with E-state index in [1.54, 1.807) is 6.20 Å². The summed E-state index contributed by atoms with van der Waals surface area (Å²) in [5, 5.41) is 7.29. The van der Waals surface area contributed by atoms with Gasteiger partial charge in [0.1, 0.15) is 0 Å². The standard InChI is InChI=1S/C19H25N3O2/c23-19(8-4-7-16-5-2-1-3-6-16)21-18-13-20-22(15-18)14-17-9-11-24-12-10-17/h1-3,5-6,13,15,17H,4,7-12,14H2,(H,21,23). The Labute approximate surface area is 143 Å². The lowest BCUT2D eigenvalue weighted by Crippen LogP contribution is -2.20. The minimum atomic E-state index is 0.0524. The summed E-state index contributed by atoms with van der Waals surface area (Å²) >= 11 is 0. The Morgan fingerprint density at radius 1 is 1.25 bits per heavy atom. The van der Waals surface area contributed by atoms with Crippen molar-refractivity contribution in [2.24, 2.45) is 5.92 Å². The zero-order valence-corrected chi connectivity index (χ0v) is 14.0. The molecule has 1 aromatic carbocycles. The fraction of sp³-hybridized carbons (Fsp3) is 0.474. The van der Waals surface area contributed by atoms with Crippen molar-refractivity contribution in [2.45, 2.75) is 38.6 Å². The van der Waals surface area contributed by atoms with Gasteiger partial charge in [-0.3, -0.25) is 9.48 Å². The maximum atomic E-state index is 12.0. The smallest absolute Gasteiger partial charge is 0.224 e. The molecule has 1 amide bonds. The highest BCUT2D eigenvalue weighted by molar-refractivity contribution is 5.90. The second kappa shape index (κ2) is 8.64. The molecular weight excluding hydrogens is 302 g/mol. The van der Waals surface area contributed by atoms with Crippen LogP contribution >= 0.6 is 0 Å². The second-order valence-corrected chi connectivity index (χ2v) is 6.39. The number of hydrogen-bond acceptors (Lipinski definition) is 3. The van der Waals surface area contributed by atoms with E-state index in [2.05, 4.69) is 22.5 Å². The van der Waals surface area contributed by atoms with Crippen LogP contribution in [0.3, 0.4) is 0 Å². The van der Waals surface area contributed by atoms with Gasteiger partial charge in [-0.25, -0.2) is 0 Å². The first-order chi connectivity index (χ1) is 11.8. The van der Waals surface area contributed by atoms with Gasteiger partial charge in [0.15, 0.2) is 0 Å². The van der Waals surface area contributed by atoms with Crippen LogP contribution in [0.4, 0.5) is 5.69 Å². The van der Waals surface area contributed by atoms with Gasteiger partial charge in [0, 0.05) is 32.4 Å². The molecule has 5 nitrogen and oxygen atoms in total. The lowest BCUT2D eigenvalue weighted by atomic mass is 10.0. The average molecular weight is 327 g/mol. The lowest BCUT2D eigenvalue weighted by molar-refractivity contribution is -0.116. The number of amides is 1. The Kier molecular flexibility index (Phi) is 6.01. The first-order valence-corrected chi connectivity index (χ1v) is 8.73. The highest BCUT2D eigenvalue weighted by Crippen LogP contribution is 2.17. The monoisotopic (exact) mass is 327 g/mol. The summed E-state index contributed by atoms with van der Waals surface area (Å²) in [4.78, 5) is 12.0. The SMILES string of the molecule is O=C(CCCc1ccccc1)Nc1cnn(CC2CCOCC2)c1. The number of aryl methyl sites for hydroxylation is 1. The quantitative estimate of drug-likeness (QED) is 0.849. The fourth-order valence-electron chi connectivity index (χ4n) is 3.04. The van der Waals surface area contributed by atoms with Crippen molar-refractivity contribution in [1.82, 2.24) is 9.78 Å². The summed E-state index contributed by atoms with van der Waals surface area (Å²) < 4.78 is 7.30. The van der Waals surface area contributed by atoms with Crippen molar-refractivity contribution in [1.29, 1.82) is 0 Å². The Morgan fingerprint density at radius 2 is 2.04 bits per heavy atom. The molecular formula is C19H25N3O2. The molecule has 3 rings (SSSR count). The molecule has 1 aliphatic heterocycles. The first-order valence-electron chi connectivity index (χ1n) is 8.73. The molecule has 0 radical (unpaired) electrons. The topological polar surface area (TPSA) is 56.2 Å². The Morgan fingerprint density at radius 3 is 2.83 bits per heavy atom. The minimum absolute atomic E-state index is 0.0524. The van der Waals surface area contributed by atoms with Crippen molar-refractivity contribution in [3.05, 3.63) is 48.3 Å². The number of carbonyl (C=O) groups is 1. The van der Waals surface area contributed by atoms with E-state index in [1.807, 2.05) is 29.1 Å². The summed E-state index contributed by atoms with van der Waals surface area (Å²) in [7, 11) is 0. The van der Waals surface area contributed by atoms with Crippen molar-refractivity contribution >= 4 is 11.6 Å². The van der Waals surface area contributed by atoms with E-state index in [-0.39, 0.29) is 5.91 Å². The number of nitrogens with zero attached hydrogens (tertiary/aromatic N) is 2. The molecule has 1 aliphatic rings. The number of aromatic nitrogens is 2. The third-order valence-electron chi connectivity index (χ3n) is 4.42. The van der Waals surface area contributed by atoms with Crippen molar-refractivity contribution in [2.75, 3.05) is 18.5 Å². The molecule has 0 bridgehead atoms. The molecule has 0 aliphatic carbocycles. The molecule has 24 heavy (non-hydrogen) atoms. The van der Waals surface area contributed by atoms with E-state index in [0.717, 1.165) is 51.1 Å². The summed E-state index contributed by atoms with van der Waals surface area (Å²) in [5.74, 6) is 0.671. The number of carbonyl (C=O) groups excluding carboxylic acids is 1. The lowest BCUT2D eigenvalue weighted by Gasteiger charge is -2.21. The van der Waals surface area contributed by atoms with Gasteiger partial charge in [0.2, 0.25) is 5.91 Å². The van der Waals surface area contributed by atoms with E-state index in [1.165, 1.54) is 5.56 Å². The summed E-state index contributed by atoms with van der Waals surface area (Å²) in [6.45, 7) is 2.58. The third-order valence-corrected chi connectivity index (χ3v) is 4.42. The predicted molar refractivity (Wildman–Crippen MR) is 93.8 cm³/mol. The second-order valence-electron chi connectivity index (χ2n) is 6.39. The van der Waals surface area contributed by atoms with Gasteiger partial charge in [-0.2, -0.15) is 5.10 Å². The highest BCUT2D eigenvalue weighted by Gasteiger charge is 2.15. The molecule has 128 valence electrons. The van der Waals surface area contributed by atoms with Gasteiger partial charge in [0.25, 0.3) is 0 Å². The zero-order valence-electron chi connectivity index (χ0n) is 14.0. The van der Waals surface area contributed by atoms with Crippen molar-refractivity contribution in [3.8, 4) is 0 Å². The van der Waals surface area contributed by atoms with Crippen LogP contribution in [0.2, 0.25) is 0 Å². The van der Waals surface area contributed by atoms with Crippen LogP contribution in [0.25, 0.3) is 0 Å². The van der Waals surface area contributed by atoms with Gasteiger partial charge in [-0.05, 0) is 37.2 Å². The molecule has 0 spiro atoms. The molecule has 5 heteroatoms. The van der Waals surface area contributed by atoms with Gasteiger partial charge >= 0.3 is 0 Å². The van der Waals surface area contributed by atoms with Crippen molar-refractivity contribution < 1.29 is 9.53 Å². The molecule has 2 heterocycles. The molecule has 0 atom stereocenters. The maximum absolute atomic E-state index is 12.0. The van der Waals surface area contributed by atoms with Gasteiger partial charge < -0.3 is 10.1 Å². The molecule has 2 aromatic rings. The van der Waals surface area contributed by atoms with Crippen LogP contribution in [0.5, 0.6) is 0 Å². The number of anilines is 1. The number of hydrogen-bond donors (Lipinski definition) is 1. The maximum Gasteiger partial charge on any atom is 0.224 e. The van der Waals surface area contributed by atoms with E-state index in [4.69, 9.17) is 4.74 Å². The molecule has 0 unspecified atom stereocenters. The largest absolute Gasteiger partial charge is 0.381 e. The van der Waals surface area contributed by atoms with Crippen LogP contribution in [-0.4, -0.2) is 28.9 Å². The molecule has 0 saturated carbocycles. The van der Waals surface area contributed by atoms with E-state index in [9.17, 15) is 4.79 Å². The molecule has 1 aromatic heterocycles. The van der Waals surface area contributed by atoms with Gasteiger partial charge in [-0.1, -0.05) is 30.3 Å². The van der Waals surface area contributed by atoms with Crippen LogP contribution < -0.4 is 5.32 Å². The number of ether oxygens (including phenoxy) is 1. The van der Waals surface area contributed by atoms with Crippen LogP contribution in [0.1, 0.15) is 31.2 Å². The Hall–Kier alpha value is -2.14. The number of rotatable bonds is 7. The van der Waals surface area contributed by atoms with Crippen LogP contribution in [0, 0.1) is 5.92 Å². The molecule has 1 N–H and O–H groups in total. The Bertz CT molecular complexity index is 633. The van der Waals surface area contributed by atoms with Crippen LogP contribution in [0.15, 0.2) is 42.7 Å². The summed E-state index contributed by atoms with van der Waals surface area (Å²) in [5.41, 5.74) is 2.06. The molecule has 1 saturated heterocycles. The summed E-state index contributed by atoms with van der Waals surface area (Å²) in [6.07, 6.45) is 8.13. The Balaban J connectivity index is 1.40. The predicted octanol–water partition coefficient (Wildman–Crippen LogP) is 3.27. The minimum Gasteiger partial charge on any atom is -0.381 e. The highest BCUT2D eigenvalue weighted by atomic mass is 16.5. The molecule has 1 fully saturated rings. The zero-order chi connectivity index (χ0) is 16.6. The number of nitrogens with one attached hydrogen (secondary N) is 1. The first kappa shape index (κ1) is 16.7. The fourth-order valence-corrected chi connectivity index (χ4v) is 3.04. The summed E-state index contributed by atoms with van der Waals surface area (Å²) in [6, 6.07) is 10.3. The van der Waals surface area contributed by atoms with E-state index >= 15 is 0 Å². The van der Waals surface area contributed by atoms with Gasteiger partial charge in [-0.15, -0.1) is 0 Å². The van der Waals surface area contributed by atoms with Crippen molar-refractivity contribution in [3.63, 3.8) is 0 Å². The van der Waals surface area contributed by atoms with Gasteiger partial charge in [0.05, 0.1) is 11.9 Å². The average Bonchev–Trinajstić information content (AvgIpc) is 3.03. The van der Waals surface area contributed by atoms with Crippen LogP contribution in [-0.2, 0) is 22.5 Å². The normalized spacial score (nSPS) is 15.3. The van der Waals surface area contributed by atoms with E-state index < -0.39 is 0 Å².